The molecule has 11 heteroatoms. The number of nitrogens with zero attached hydrogens (tertiary/aromatic N) is 4. The molecule has 0 aliphatic carbocycles. The van der Waals surface area contributed by atoms with Crippen LogP contribution in [0.1, 0.15) is 11.1 Å². The Labute approximate surface area is 212 Å². The van der Waals surface area contributed by atoms with Crippen molar-refractivity contribution in [3.8, 4) is 23.0 Å². The van der Waals surface area contributed by atoms with E-state index in [0.29, 0.717) is 39.3 Å². The van der Waals surface area contributed by atoms with Gasteiger partial charge in [0.2, 0.25) is 0 Å². The van der Waals surface area contributed by atoms with Gasteiger partial charge in [-0.05, 0) is 36.4 Å². The van der Waals surface area contributed by atoms with Crippen LogP contribution < -0.4 is 30.2 Å². The number of thioether (sulfide) groups is 1. The average Bonchev–Trinajstić information content (AvgIpc) is 3.23. The first kappa shape index (κ1) is 25.2. The summed E-state index contributed by atoms with van der Waals surface area (Å²) in [5.41, 5.74) is 1.39. The molecule has 0 atom stereocenters. The van der Waals surface area contributed by atoms with Crippen LogP contribution in [0, 0.1) is 0 Å². The van der Waals surface area contributed by atoms with E-state index < -0.39 is 11.2 Å². The van der Waals surface area contributed by atoms with Gasteiger partial charge in [0.05, 0.1) is 35.0 Å². The van der Waals surface area contributed by atoms with Crippen LogP contribution in [-0.2, 0) is 26.4 Å². The zero-order valence-corrected chi connectivity index (χ0v) is 21.8. The summed E-state index contributed by atoms with van der Waals surface area (Å²) in [6, 6.07) is 10.9. The van der Waals surface area contributed by atoms with Crippen LogP contribution in [0.15, 0.2) is 51.1 Å². The minimum absolute atomic E-state index is 0.147. The second-order valence-electron chi connectivity index (χ2n) is 8.00. The lowest BCUT2D eigenvalue weighted by Gasteiger charge is -2.13. The summed E-state index contributed by atoms with van der Waals surface area (Å²) in [5.74, 6) is 3.18. The molecular weight excluding hydrogens is 484 g/mol. The molecule has 36 heavy (non-hydrogen) atoms. The van der Waals surface area contributed by atoms with Gasteiger partial charge in [-0.25, -0.2) is 9.78 Å². The highest BCUT2D eigenvalue weighted by Gasteiger charge is 2.21. The number of ether oxygens (including phenoxy) is 4. The first-order valence-electron chi connectivity index (χ1n) is 11.0. The van der Waals surface area contributed by atoms with E-state index in [1.54, 1.807) is 58.3 Å². The summed E-state index contributed by atoms with van der Waals surface area (Å²) in [5, 5.41) is 0.587. The predicted octanol–water partition coefficient (Wildman–Crippen LogP) is 2.81. The van der Waals surface area contributed by atoms with Crippen molar-refractivity contribution in [1.29, 1.82) is 0 Å². The van der Waals surface area contributed by atoms with Crippen LogP contribution >= 0.6 is 11.8 Å². The summed E-state index contributed by atoms with van der Waals surface area (Å²) in [6.07, 6.45) is 0. The van der Waals surface area contributed by atoms with Crippen LogP contribution in [0.3, 0.4) is 0 Å². The molecular formula is C25H28N4O6S. The van der Waals surface area contributed by atoms with Gasteiger partial charge in [0.25, 0.3) is 5.56 Å². The lowest BCUT2D eigenvalue weighted by Crippen LogP contribution is -2.38. The zero-order chi connectivity index (χ0) is 26.0. The highest BCUT2D eigenvalue weighted by atomic mass is 32.2. The standard InChI is InChI=1S/C25H28N4O6S/c1-27-21-22(26-24(27)36-14-16-12-18(33-4)8-10-20(16)35-6)29(25(31)28(2)23(21)30)13-15-11-17(32-3)7-9-19(15)34-5/h7-12H,13-14H2,1-6H3. The lowest BCUT2D eigenvalue weighted by atomic mass is 10.2. The maximum atomic E-state index is 13.2. The van der Waals surface area contributed by atoms with Crippen molar-refractivity contribution in [2.24, 2.45) is 14.1 Å². The normalized spacial score (nSPS) is 11.1. The number of hydrogen-bond acceptors (Lipinski definition) is 8. The molecule has 2 heterocycles. The maximum absolute atomic E-state index is 13.2. The van der Waals surface area contributed by atoms with Gasteiger partial charge >= 0.3 is 5.69 Å². The van der Waals surface area contributed by atoms with Gasteiger partial charge in [-0.2, -0.15) is 0 Å². The number of hydrogen-bond donors (Lipinski definition) is 0. The molecule has 0 saturated carbocycles. The van der Waals surface area contributed by atoms with Crippen LogP contribution in [0.5, 0.6) is 23.0 Å². The number of methoxy groups -OCH3 is 4. The molecule has 0 aliphatic heterocycles. The third-order valence-electron chi connectivity index (χ3n) is 5.98. The summed E-state index contributed by atoms with van der Waals surface area (Å²) < 4.78 is 25.9. The van der Waals surface area contributed by atoms with Crippen molar-refractivity contribution < 1.29 is 18.9 Å². The Bertz CT molecular complexity index is 1540. The van der Waals surface area contributed by atoms with Gasteiger partial charge in [-0.3, -0.25) is 13.9 Å². The quantitative estimate of drug-likeness (QED) is 0.316. The van der Waals surface area contributed by atoms with E-state index in [1.807, 2.05) is 18.2 Å². The summed E-state index contributed by atoms with van der Waals surface area (Å²) in [6.45, 7) is 0.147. The molecule has 0 unspecified atom stereocenters. The predicted molar refractivity (Wildman–Crippen MR) is 138 cm³/mol. The molecule has 10 nitrogen and oxygen atoms in total. The van der Waals surface area contributed by atoms with Crippen molar-refractivity contribution in [3.05, 3.63) is 68.4 Å². The molecule has 0 spiro atoms. The number of aromatic nitrogens is 4. The van der Waals surface area contributed by atoms with Crippen LogP contribution in [0.2, 0.25) is 0 Å². The van der Waals surface area contributed by atoms with E-state index in [0.717, 1.165) is 21.4 Å². The Kier molecular flexibility index (Phi) is 7.30. The molecule has 4 rings (SSSR count). The fourth-order valence-corrected chi connectivity index (χ4v) is 4.94. The SMILES string of the molecule is COc1ccc(OC)c(CSc2nc3c(c(=O)n(C)c(=O)n3Cc3cc(OC)ccc3OC)n2C)c1. The Morgan fingerprint density at radius 2 is 1.39 bits per heavy atom. The van der Waals surface area contributed by atoms with Crippen molar-refractivity contribution in [3.63, 3.8) is 0 Å². The second kappa shape index (κ2) is 10.4. The van der Waals surface area contributed by atoms with E-state index in [2.05, 4.69) is 0 Å². The van der Waals surface area contributed by atoms with Crippen LogP contribution in [0.25, 0.3) is 11.2 Å². The molecule has 190 valence electrons. The summed E-state index contributed by atoms with van der Waals surface area (Å²) in [7, 11) is 9.58. The van der Waals surface area contributed by atoms with E-state index in [1.165, 1.54) is 23.4 Å². The van der Waals surface area contributed by atoms with E-state index in [9.17, 15) is 9.59 Å². The van der Waals surface area contributed by atoms with Gasteiger partial charge in [0.1, 0.15) is 23.0 Å². The minimum Gasteiger partial charge on any atom is -0.497 e. The number of aryl methyl sites for hydroxylation is 1. The van der Waals surface area contributed by atoms with Crippen LogP contribution in [-0.4, -0.2) is 47.1 Å². The Morgan fingerprint density at radius 3 is 1.97 bits per heavy atom. The summed E-state index contributed by atoms with van der Waals surface area (Å²) >= 11 is 1.43. The van der Waals surface area contributed by atoms with Crippen molar-refractivity contribution >= 4 is 22.9 Å². The van der Waals surface area contributed by atoms with Crippen molar-refractivity contribution in [1.82, 2.24) is 18.7 Å². The van der Waals surface area contributed by atoms with E-state index >= 15 is 0 Å². The second-order valence-corrected chi connectivity index (χ2v) is 8.95. The molecule has 2 aromatic heterocycles. The fraction of sp³-hybridized carbons (Fsp3) is 0.320. The van der Waals surface area contributed by atoms with Gasteiger partial charge in [0, 0.05) is 31.0 Å². The molecule has 0 amide bonds. The molecule has 0 bridgehead atoms. The molecule has 2 aromatic carbocycles. The van der Waals surface area contributed by atoms with Gasteiger partial charge in [0.15, 0.2) is 16.3 Å². The number of imidazole rings is 1. The van der Waals surface area contributed by atoms with Crippen molar-refractivity contribution in [2.45, 2.75) is 17.5 Å². The van der Waals surface area contributed by atoms with Crippen LogP contribution in [0.4, 0.5) is 0 Å². The third-order valence-corrected chi connectivity index (χ3v) is 7.06. The Hall–Kier alpha value is -3.86. The van der Waals surface area contributed by atoms with Gasteiger partial charge in [-0.15, -0.1) is 0 Å². The molecule has 0 fully saturated rings. The Morgan fingerprint density at radius 1 is 0.806 bits per heavy atom. The monoisotopic (exact) mass is 512 g/mol. The molecule has 0 aliphatic rings. The zero-order valence-electron chi connectivity index (χ0n) is 21.0. The smallest absolute Gasteiger partial charge is 0.332 e. The van der Waals surface area contributed by atoms with E-state index in [-0.39, 0.29) is 6.54 Å². The topological polar surface area (TPSA) is 98.7 Å². The number of benzene rings is 2. The first-order chi connectivity index (χ1) is 17.3. The number of rotatable bonds is 9. The van der Waals surface area contributed by atoms with Gasteiger partial charge < -0.3 is 23.5 Å². The lowest BCUT2D eigenvalue weighted by molar-refractivity contribution is 0.397. The summed E-state index contributed by atoms with van der Waals surface area (Å²) in [4.78, 5) is 31.0. The minimum atomic E-state index is -0.471. The number of fused-ring (bicyclic) bond motifs is 1. The molecule has 4 aromatic rings. The maximum Gasteiger partial charge on any atom is 0.332 e. The van der Waals surface area contributed by atoms with Gasteiger partial charge in [-0.1, -0.05) is 11.8 Å². The fourth-order valence-electron chi connectivity index (χ4n) is 3.99. The molecule has 0 radical (unpaired) electrons. The molecule has 0 saturated heterocycles. The largest absolute Gasteiger partial charge is 0.497 e. The molecule has 0 N–H and O–H groups in total. The van der Waals surface area contributed by atoms with Crippen molar-refractivity contribution in [2.75, 3.05) is 28.4 Å². The highest BCUT2D eigenvalue weighted by molar-refractivity contribution is 7.98. The highest BCUT2D eigenvalue weighted by Crippen LogP contribution is 2.31. The first-order valence-corrected chi connectivity index (χ1v) is 12.0. The Balaban J connectivity index is 1.80. The average molecular weight is 513 g/mol. The third kappa shape index (κ3) is 4.53. The van der Waals surface area contributed by atoms with E-state index in [4.69, 9.17) is 23.9 Å².